The van der Waals surface area contributed by atoms with Crippen molar-refractivity contribution in [3.63, 3.8) is 0 Å². The molecule has 25 heavy (non-hydrogen) atoms. The molecule has 2 amide bonds. The molecule has 0 radical (unpaired) electrons. The van der Waals surface area contributed by atoms with Gasteiger partial charge in [0.1, 0.15) is 10.6 Å². The zero-order chi connectivity index (χ0) is 17.7. The van der Waals surface area contributed by atoms with E-state index in [1.807, 2.05) is 52.0 Å². The molecule has 0 fully saturated rings. The van der Waals surface area contributed by atoms with Crippen LogP contribution >= 0.6 is 11.3 Å². The Labute approximate surface area is 150 Å². The Balaban J connectivity index is 1.86. The van der Waals surface area contributed by atoms with Gasteiger partial charge in [0.25, 0.3) is 0 Å². The maximum Gasteiger partial charge on any atom is 0.331 e. The Morgan fingerprint density at radius 1 is 1.20 bits per heavy atom. The van der Waals surface area contributed by atoms with Gasteiger partial charge in [-0.3, -0.25) is 4.90 Å². The summed E-state index contributed by atoms with van der Waals surface area (Å²) in [6.07, 6.45) is 1.87. The maximum atomic E-state index is 12.8. The Hall–Kier alpha value is -2.60. The van der Waals surface area contributed by atoms with Crippen molar-refractivity contribution in [2.45, 2.75) is 33.8 Å². The molecule has 0 bridgehead atoms. The molecule has 1 N–H and O–H groups in total. The van der Waals surface area contributed by atoms with Crippen molar-refractivity contribution in [3.05, 3.63) is 40.9 Å². The molecule has 0 spiro atoms. The third kappa shape index (κ3) is 2.53. The van der Waals surface area contributed by atoms with Crippen LogP contribution < -0.4 is 15.0 Å². The lowest BCUT2D eigenvalue weighted by molar-refractivity contribution is 0.242. The van der Waals surface area contributed by atoms with Crippen LogP contribution in [-0.4, -0.2) is 17.1 Å². The van der Waals surface area contributed by atoms with E-state index < -0.39 is 0 Å². The van der Waals surface area contributed by atoms with E-state index >= 15 is 0 Å². The Kier molecular flexibility index (Phi) is 3.65. The standard InChI is InChI=1S/C19H19N3O2S/c1-10(2)24-13-5-6-14(11(3)9-13)22-15-7-8-20-18-16(15)17(12(4)25-18)21-19(22)23/h5-10H,1-4H3,(H,21,23). The molecule has 2 aromatic heterocycles. The third-order valence-corrected chi connectivity index (χ3v) is 5.22. The molecule has 1 aliphatic rings. The first-order valence-electron chi connectivity index (χ1n) is 8.22. The van der Waals surface area contributed by atoms with E-state index in [0.717, 1.165) is 43.5 Å². The fourth-order valence-electron chi connectivity index (χ4n) is 3.19. The smallest absolute Gasteiger partial charge is 0.331 e. The molecular formula is C19H19N3O2S. The molecule has 4 rings (SSSR count). The Morgan fingerprint density at radius 2 is 2.00 bits per heavy atom. The highest BCUT2D eigenvalue weighted by Gasteiger charge is 2.30. The summed E-state index contributed by atoms with van der Waals surface area (Å²) in [4.78, 5) is 21.0. The predicted molar refractivity (Wildman–Crippen MR) is 102 cm³/mol. The van der Waals surface area contributed by atoms with Gasteiger partial charge in [0.2, 0.25) is 0 Å². The zero-order valence-electron chi connectivity index (χ0n) is 14.6. The van der Waals surface area contributed by atoms with E-state index in [9.17, 15) is 4.79 Å². The molecule has 6 heteroatoms. The highest BCUT2D eigenvalue weighted by Crippen LogP contribution is 2.45. The molecule has 3 aromatic rings. The van der Waals surface area contributed by atoms with Gasteiger partial charge in [-0.15, -0.1) is 11.3 Å². The molecular weight excluding hydrogens is 334 g/mol. The van der Waals surface area contributed by atoms with Gasteiger partial charge in [0, 0.05) is 11.1 Å². The van der Waals surface area contributed by atoms with Crippen LogP contribution in [0.4, 0.5) is 21.9 Å². The van der Waals surface area contributed by atoms with E-state index in [0.29, 0.717) is 0 Å². The average molecular weight is 353 g/mol. The van der Waals surface area contributed by atoms with Crippen LogP contribution in [-0.2, 0) is 0 Å². The summed E-state index contributed by atoms with van der Waals surface area (Å²) >= 11 is 1.60. The predicted octanol–water partition coefficient (Wildman–Crippen LogP) is 5.38. The number of aryl methyl sites for hydroxylation is 2. The van der Waals surface area contributed by atoms with Gasteiger partial charge in [-0.1, -0.05) is 0 Å². The number of hydrogen-bond donors (Lipinski definition) is 1. The summed E-state index contributed by atoms with van der Waals surface area (Å²) in [5, 5.41) is 4.03. The zero-order valence-corrected chi connectivity index (χ0v) is 15.4. The van der Waals surface area contributed by atoms with Crippen LogP contribution in [0.3, 0.4) is 0 Å². The lowest BCUT2D eigenvalue weighted by Gasteiger charge is -2.29. The normalized spacial score (nSPS) is 13.5. The minimum atomic E-state index is -0.151. The van der Waals surface area contributed by atoms with Gasteiger partial charge in [-0.2, -0.15) is 0 Å². The van der Waals surface area contributed by atoms with Gasteiger partial charge in [-0.25, -0.2) is 9.78 Å². The topological polar surface area (TPSA) is 54.5 Å². The number of ether oxygens (including phenoxy) is 1. The van der Waals surface area contributed by atoms with Crippen molar-refractivity contribution in [2.24, 2.45) is 0 Å². The van der Waals surface area contributed by atoms with Crippen molar-refractivity contribution in [1.82, 2.24) is 4.98 Å². The fraction of sp³-hybridized carbons (Fsp3) is 0.263. The fourth-order valence-corrected chi connectivity index (χ4v) is 4.16. The second kappa shape index (κ2) is 5.74. The number of carbonyl (C=O) groups excluding carboxylic acids is 1. The van der Waals surface area contributed by atoms with E-state index in [4.69, 9.17) is 4.74 Å². The second-order valence-electron chi connectivity index (χ2n) is 6.42. The first kappa shape index (κ1) is 15.9. The lowest BCUT2D eigenvalue weighted by atomic mass is 10.1. The number of nitrogens with zero attached hydrogens (tertiary/aromatic N) is 2. The molecule has 128 valence electrons. The third-order valence-electron chi connectivity index (χ3n) is 4.20. The lowest BCUT2D eigenvalue weighted by Crippen LogP contribution is -2.34. The van der Waals surface area contributed by atoms with Gasteiger partial charge in [0.05, 0.1) is 28.6 Å². The van der Waals surface area contributed by atoms with Crippen LogP contribution in [0.5, 0.6) is 5.75 Å². The molecule has 0 saturated heterocycles. The number of hydrogen-bond acceptors (Lipinski definition) is 4. The number of rotatable bonds is 3. The van der Waals surface area contributed by atoms with Crippen LogP contribution in [0.15, 0.2) is 30.5 Å². The number of carbonyl (C=O) groups is 1. The number of aromatic nitrogens is 1. The highest BCUT2D eigenvalue weighted by molar-refractivity contribution is 7.19. The van der Waals surface area contributed by atoms with Gasteiger partial charge in [-0.05, 0) is 57.5 Å². The summed E-state index contributed by atoms with van der Waals surface area (Å²) in [5.74, 6) is 0.806. The quantitative estimate of drug-likeness (QED) is 0.687. The van der Waals surface area contributed by atoms with E-state index in [1.54, 1.807) is 22.4 Å². The number of urea groups is 1. The monoisotopic (exact) mass is 353 g/mol. The summed E-state index contributed by atoms with van der Waals surface area (Å²) in [5.41, 5.74) is 3.57. The first-order chi connectivity index (χ1) is 12.0. The Morgan fingerprint density at radius 3 is 2.72 bits per heavy atom. The molecule has 1 aliphatic heterocycles. The number of anilines is 3. The SMILES string of the molecule is Cc1cc(OC(C)C)ccc1N1C(=O)Nc2c(C)sc3nccc1c23. The summed E-state index contributed by atoms with van der Waals surface area (Å²) in [7, 11) is 0. The summed E-state index contributed by atoms with van der Waals surface area (Å²) in [6, 6.07) is 7.55. The van der Waals surface area contributed by atoms with Gasteiger partial charge in [0.15, 0.2) is 0 Å². The molecule has 1 aromatic carbocycles. The molecule has 0 aliphatic carbocycles. The number of benzene rings is 1. The minimum Gasteiger partial charge on any atom is -0.491 e. The van der Waals surface area contributed by atoms with E-state index in [2.05, 4.69) is 10.3 Å². The largest absolute Gasteiger partial charge is 0.491 e. The van der Waals surface area contributed by atoms with Gasteiger partial charge >= 0.3 is 6.03 Å². The van der Waals surface area contributed by atoms with Crippen molar-refractivity contribution in [2.75, 3.05) is 10.2 Å². The van der Waals surface area contributed by atoms with Crippen LogP contribution in [0.1, 0.15) is 24.3 Å². The Bertz CT molecular complexity index is 994. The minimum absolute atomic E-state index is 0.111. The molecule has 3 heterocycles. The molecule has 0 atom stereocenters. The van der Waals surface area contributed by atoms with Crippen LogP contribution in [0, 0.1) is 13.8 Å². The number of thiophene rings is 1. The first-order valence-corrected chi connectivity index (χ1v) is 9.04. The molecule has 0 saturated carbocycles. The van der Waals surface area contributed by atoms with Crippen molar-refractivity contribution < 1.29 is 9.53 Å². The van der Waals surface area contributed by atoms with Crippen LogP contribution in [0.2, 0.25) is 0 Å². The molecule has 5 nitrogen and oxygen atoms in total. The van der Waals surface area contributed by atoms with Crippen molar-refractivity contribution >= 4 is 44.6 Å². The highest BCUT2D eigenvalue weighted by atomic mass is 32.1. The number of nitrogens with one attached hydrogen (secondary N) is 1. The van der Waals surface area contributed by atoms with E-state index in [-0.39, 0.29) is 12.1 Å². The number of pyridine rings is 1. The number of amides is 2. The second-order valence-corrected chi connectivity index (χ2v) is 7.63. The van der Waals surface area contributed by atoms with Gasteiger partial charge < -0.3 is 10.1 Å². The van der Waals surface area contributed by atoms with Crippen LogP contribution in [0.25, 0.3) is 10.2 Å². The summed E-state index contributed by atoms with van der Waals surface area (Å²) < 4.78 is 5.75. The van der Waals surface area contributed by atoms with E-state index in [1.165, 1.54) is 0 Å². The average Bonchev–Trinajstić information content (AvgIpc) is 2.86. The van der Waals surface area contributed by atoms with Crippen molar-refractivity contribution in [1.29, 1.82) is 0 Å². The summed E-state index contributed by atoms with van der Waals surface area (Å²) in [6.45, 7) is 7.98. The maximum absolute atomic E-state index is 12.8. The molecule has 0 unspecified atom stereocenters. The van der Waals surface area contributed by atoms with Crippen molar-refractivity contribution in [3.8, 4) is 5.75 Å².